The Morgan fingerprint density at radius 3 is 2.90 bits per heavy atom. The summed E-state index contributed by atoms with van der Waals surface area (Å²) in [5, 5.41) is 2.74. The molecule has 2 N–H and O–H groups in total. The van der Waals surface area contributed by atoms with Crippen LogP contribution in [0.5, 0.6) is 0 Å². The Morgan fingerprint density at radius 2 is 2.15 bits per heavy atom. The van der Waals surface area contributed by atoms with Crippen LogP contribution in [0.15, 0.2) is 23.3 Å². The number of aromatic amines is 1. The minimum absolute atomic E-state index is 0.153. The van der Waals surface area contributed by atoms with Crippen LogP contribution < -0.4 is 10.7 Å². The summed E-state index contributed by atoms with van der Waals surface area (Å²) in [6, 6.07) is 1.35. The number of ether oxygens (including phenoxy) is 1. The number of aromatic nitrogens is 1. The van der Waals surface area contributed by atoms with Gasteiger partial charge in [0.05, 0.1) is 6.10 Å². The first-order valence-corrected chi connectivity index (χ1v) is 7.34. The molecule has 0 spiro atoms. The molecule has 1 heterocycles. The summed E-state index contributed by atoms with van der Waals surface area (Å²) in [5.74, 6) is -0.329. The van der Waals surface area contributed by atoms with Crippen molar-refractivity contribution in [2.45, 2.75) is 44.6 Å². The van der Waals surface area contributed by atoms with E-state index in [4.69, 9.17) is 4.74 Å². The van der Waals surface area contributed by atoms with Crippen molar-refractivity contribution in [2.24, 2.45) is 0 Å². The number of H-pyrrole nitrogens is 1. The number of hydrogen-bond acceptors (Lipinski definition) is 3. The molecular weight excluding hydrogens is 256 g/mol. The molecule has 1 aromatic heterocycles. The van der Waals surface area contributed by atoms with Gasteiger partial charge in [-0.05, 0) is 19.3 Å². The second kappa shape index (κ2) is 7.85. The zero-order valence-electron chi connectivity index (χ0n) is 11.7. The third-order valence-corrected chi connectivity index (χ3v) is 3.58. The van der Waals surface area contributed by atoms with Crippen molar-refractivity contribution in [3.8, 4) is 0 Å². The molecule has 0 unspecified atom stereocenters. The van der Waals surface area contributed by atoms with Crippen molar-refractivity contribution < 1.29 is 9.53 Å². The molecule has 0 aromatic carbocycles. The summed E-state index contributed by atoms with van der Waals surface area (Å²) < 4.78 is 5.77. The van der Waals surface area contributed by atoms with Crippen LogP contribution >= 0.6 is 0 Å². The van der Waals surface area contributed by atoms with Crippen molar-refractivity contribution in [3.05, 3.63) is 34.2 Å². The van der Waals surface area contributed by atoms with E-state index >= 15 is 0 Å². The molecule has 5 heteroatoms. The van der Waals surface area contributed by atoms with E-state index in [1.54, 1.807) is 0 Å². The van der Waals surface area contributed by atoms with Crippen LogP contribution in [-0.2, 0) is 4.74 Å². The Balaban J connectivity index is 1.62. The first kappa shape index (κ1) is 14.8. The van der Waals surface area contributed by atoms with Gasteiger partial charge in [-0.3, -0.25) is 9.59 Å². The Hall–Kier alpha value is -1.62. The molecule has 1 amide bonds. The molecule has 0 aliphatic heterocycles. The van der Waals surface area contributed by atoms with Gasteiger partial charge in [0, 0.05) is 31.6 Å². The number of amides is 1. The third-order valence-electron chi connectivity index (χ3n) is 3.58. The van der Waals surface area contributed by atoms with Crippen molar-refractivity contribution in [1.29, 1.82) is 0 Å². The number of pyridine rings is 1. The van der Waals surface area contributed by atoms with Gasteiger partial charge >= 0.3 is 0 Å². The second-order valence-corrected chi connectivity index (χ2v) is 5.16. The lowest BCUT2D eigenvalue weighted by Gasteiger charge is -2.21. The van der Waals surface area contributed by atoms with Gasteiger partial charge in [-0.2, -0.15) is 0 Å². The Kier molecular flexibility index (Phi) is 5.80. The van der Waals surface area contributed by atoms with Crippen LogP contribution in [0.2, 0.25) is 0 Å². The van der Waals surface area contributed by atoms with E-state index in [1.807, 2.05) is 0 Å². The molecule has 1 aliphatic carbocycles. The lowest BCUT2D eigenvalue weighted by molar-refractivity contribution is 0.0273. The van der Waals surface area contributed by atoms with Crippen LogP contribution in [0.25, 0.3) is 0 Å². The summed E-state index contributed by atoms with van der Waals surface area (Å²) >= 11 is 0. The Labute approximate surface area is 118 Å². The summed E-state index contributed by atoms with van der Waals surface area (Å²) in [5.41, 5.74) is -0.111. The molecule has 1 saturated carbocycles. The van der Waals surface area contributed by atoms with Gasteiger partial charge in [-0.15, -0.1) is 0 Å². The predicted molar refractivity (Wildman–Crippen MR) is 76.8 cm³/mol. The van der Waals surface area contributed by atoms with Crippen LogP contribution in [0.4, 0.5) is 0 Å². The number of hydrogen-bond donors (Lipinski definition) is 2. The van der Waals surface area contributed by atoms with Crippen LogP contribution in [-0.4, -0.2) is 30.1 Å². The lowest BCUT2D eigenvalue weighted by atomic mass is 9.98. The van der Waals surface area contributed by atoms with E-state index in [0.717, 1.165) is 19.3 Å². The quantitative estimate of drug-likeness (QED) is 0.780. The van der Waals surface area contributed by atoms with E-state index < -0.39 is 0 Å². The minimum atomic E-state index is -0.329. The topological polar surface area (TPSA) is 71.2 Å². The molecular formula is C15H22N2O3. The van der Waals surface area contributed by atoms with Gasteiger partial charge in [0.1, 0.15) is 5.56 Å². The van der Waals surface area contributed by atoms with E-state index in [9.17, 15) is 9.59 Å². The molecule has 0 bridgehead atoms. The molecule has 0 saturated heterocycles. The smallest absolute Gasteiger partial charge is 0.256 e. The average Bonchev–Trinajstić information content (AvgIpc) is 2.48. The summed E-state index contributed by atoms with van der Waals surface area (Å²) in [7, 11) is 0. The van der Waals surface area contributed by atoms with Gasteiger partial charge in [-0.1, -0.05) is 19.3 Å². The Morgan fingerprint density at radius 1 is 1.35 bits per heavy atom. The standard InChI is InChI=1S/C15H22N2O3/c18-14-7-9-16-11-13(14)15(19)17-8-4-10-20-12-5-2-1-3-6-12/h7,9,11-12H,1-6,8,10H2,(H,16,18)(H,17,19). The van der Waals surface area contributed by atoms with Gasteiger partial charge in [-0.25, -0.2) is 0 Å². The van der Waals surface area contributed by atoms with E-state index in [0.29, 0.717) is 19.3 Å². The molecule has 0 radical (unpaired) electrons. The summed E-state index contributed by atoms with van der Waals surface area (Å²) in [4.78, 5) is 26.0. The number of carbonyl (C=O) groups is 1. The normalized spacial score (nSPS) is 16.0. The van der Waals surface area contributed by atoms with E-state index in [1.165, 1.54) is 37.7 Å². The molecule has 5 nitrogen and oxygen atoms in total. The molecule has 0 atom stereocenters. The highest BCUT2D eigenvalue weighted by Crippen LogP contribution is 2.20. The van der Waals surface area contributed by atoms with Crippen molar-refractivity contribution in [2.75, 3.05) is 13.2 Å². The number of nitrogens with one attached hydrogen (secondary N) is 2. The van der Waals surface area contributed by atoms with Crippen LogP contribution in [0.1, 0.15) is 48.9 Å². The zero-order chi connectivity index (χ0) is 14.2. The maximum atomic E-state index is 11.8. The first-order valence-electron chi connectivity index (χ1n) is 7.34. The summed E-state index contributed by atoms with van der Waals surface area (Å²) in [6.45, 7) is 1.19. The number of rotatable bonds is 6. The molecule has 2 rings (SSSR count). The number of carbonyl (C=O) groups excluding carboxylic acids is 1. The van der Waals surface area contributed by atoms with Crippen molar-refractivity contribution in [1.82, 2.24) is 10.3 Å². The maximum absolute atomic E-state index is 11.8. The van der Waals surface area contributed by atoms with Gasteiger partial charge in [0.15, 0.2) is 5.43 Å². The fourth-order valence-electron chi connectivity index (χ4n) is 2.44. The highest BCUT2D eigenvalue weighted by atomic mass is 16.5. The van der Waals surface area contributed by atoms with Gasteiger partial charge in [0.25, 0.3) is 5.91 Å². The van der Waals surface area contributed by atoms with Crippen LogP contribution in [0.3, 0.4) is 0 Å². The Bertz CT molecular complexity index is 478. The molecule has 1 aliphatic rings. The molecule has 1 fully saturated rings. The molecule has 1 aromatic rings. The van der Waals surface area contributed by atoms with Crippen molar-refractivity contribution in [3.63, 3.8) is 0 Å². The highest BCUT2D eigenvalue weighted by Gasteiger charge is 2.13. The SMILES string of the molecule is O=C(NCCCOC1CCCCC1)c1c[nH]ccc1=O. The zero-order valence-corrected chi connectivity index (χ0v) is 11.7. The molecule has 20 heavy (non-hydrogen) atoms. The third kappa shape index (κ3) is 4.49. The van der Waals surface area contributed by atoms with Gasteiger partial charge in [0.2, 0.25) is 0 Å². The maximum Gasteiger partial charge on any atom is 0.256 e. The van der Waals surface area contributed by atoms with Gasteiger partial charge < -0.3 is 15.0 Å². The first-order chi connectivity index (χ1) is 9.77. The second-order valence-electron chi connectivity index (χ2n) is 5.16. The van der Waals surface area contributed by atoms with E-state index in [-0.39, 0.29) is 16.9 Å². The summed E-state index contributed by atoms with van der Waals surface area (Å²) in [6.07, 6.45) is 10.3. The minimum Gasteiger partial charge on any atom is -0.378 e. The molecule has 110 valence electrons. The highest BCUT2D eigenvalue weighted by molar-refractivity contribution is 5.93. The van der Waals surface area contributed by atoms with E-state index in [2.05, 4.69) is 10.3 Å². The van der Waals surface area contributed by atoms with Crippen molar-refractivity contribution >= 4 is 5.91 Å². The fourth-order valence-corrected chi connectivity index (χ4v) is 2.44. The predicted octanol–water partition coefficient (Wildman–Crippen LogP) is 1.84. The lowest BCUT2D eigenvalue weighted by Crippen LogP contribution is -2.30. The average molecular weight is 278 g/mol. The largest absolute Gasteiger partial charge is 0.378 e. The van der Waals surface area contributed by atoms with Crippen LogP contribution in [0, 0.1) is 0 Å². The monoisotopic (exact) mass is 278 g/mol. The fraction of sp³-hybridized carbons (Fsp3) is 0.600.